The Hall–Kier alpha value is -3.37. The van der Waals surface area contributed by atoms with Gasteiger partial charge in [0, 0.05) is 10.9 Å². The van der Waals surface area contributed by atoms with E-state index in [9.17, 15) is 5.26 Å². The highest BCUT2D eigenvalue weighted by atomic mass is 32.1. The molecule has 1 N–H and O–H groups in total. The van der Waals surface area contributed by atoms with E-state index < -0.39 is 0 Å². The summed E-state index contributed by atoms with van der Waals surface area (Å²) in [5.74, 6) is 1.43. The SMILES string of the molecule is Cc1ccc(NN=C(C#N)c2nc(-c3ccc4c(c3)OCO4)cs2)cc1. The molecule has 1 aromatic heterocycles. The summed E-state index contributed by atoms with van der Waals surface area (Å²) in [4.78, 5) is 4.53. The van der Waals surface area contributed by atoms with Gasteiger partial charge >= 0.3 is 0 Å². The Morgan fingerprint density at radius 2 is 2.00 bits per heavy atom. The highest BCUT2D eigenvalue weighted by Gasteiger charge is 2.16. The lowest BCUT2D eigenvalue weighted by molar-refractivity contribution is 0.174. The van der Waals surface area contributed by atoms with E-state index in [4.69, 9.17) is 9.47 Å². The number of hydrogen-bond acceptors (Lipinski definition) is 7. The van der Waals surface area contributed by atoms with E-state index in [0.717, 1.165) is 28.3 Å². The number of fused-ring (bicyclic) bond motifs is 1. The molecule has 7 heteroatoms. The Morgan fingerprint density at radius 1 is 1.19 bits per heavy atom. The van der Waals surface area contributed by atoms with Crippen molar-refractivity contribution in [2.75, 3.05) is 12.2 Å². The number of aromatic nitrogens is 1. The summed E-state index contributed by atoms with van der Waals surface area (Å²) in [6.07, 6.45) is 0. The van der Waals surface area contributed by atoms with Crippen molar-refractivity contribution in [3.8, 4) is 28.8 Å². The van der Waals surface area contributed by atoms with Crippen molar-refractivity contribution in [2.24, 2.45) is 5.10 Å². The van der Waals surface area contributed by atoms with Crippen molar-refractivity contribution in [3.63, 3.8) is 0 Å². The molecular weight excluding hydrogens is 348 g/mol. The molecule has 0 bridgehead atoms. The molecule has 26 heavy (non-hydrogen) atoms. The summed E-state index contributed by atoms with van der Waals surface area (Å²) < 4.78 is 10.7. The van der Waals surface area contributed by atoms with Crippen molar-refractivity contribution in [1.29, 1.82) is 5.26 Å². The van der Waals surface area contributed by atoms with Crippen LogP contribution in [0.4, 0.5) is 5.69 Å². The maximum absolute atomic E-state index is 9.42. The number of anilines is 1. The standard InChI is InChI=1S/C19H14N4O2S/c1-12-2-5-14(6-3-12)22-23-15(9-20)19-21-16(10-26-19)13-4-7-17-18(8-13)25-11-24-17/h2-8,10,22H,11H2,1H3. The molecule has 0 spiro atoms. The predicted octanol–water partition coefficient (Wildman–Crippen LogP) is 4.19. The summed E-state index contributed by atoms with van der Waals surface area (Å²) in [6.45, 7) is 2.25. The Balaban J connectivity index is 1.56. The molecule has 0 amide bonds. The second-order valence-electron chi connectivity index (χ2n) is 5.66. The number of nitrogens with one attached hydrogen (secondary N) is 1. The lowest BCUT2D eigenvalue weighted by Gasteiger charge is -2.01. The summed E-state index contributed by atoms with van der Waals surface area (Å²) >= 11 is 1.37. The molecule has 128 valence electrons. The van der Waals surface area contributed by atoms with E-state index in [1.165, 1.54) is 11.3 Å². The lowest BCUT2D eigenvalue weighted by atomic mass is 10.1. The van der Waals surface area contributed by atoms with Crippen molar-refractivity contribution < 1.29 is 9.47 Å². The third kappa shape index (κ3) is 3.23. The average molecular weight is 362 g/mol. The van der Waals surface area contributed by atoms with Crippen LogP contribution in [0.15, 0.2) is 52.9 Å². The molecule has 0 atom stereocenters. The molecule has 2 heterocycles. The number of rotatable bonds is 4. The monoisotopic (exact) mass is 362 g/mol. The summed E-state index contributed by atoms with van der Waals surface area (Å²) in [6, 6.07) is 15.5. The first-order valence-electron chi connectivity index (χ1n) is 7.89. The largest absolute Gasteiger partial charge is 0.454 e. The van der Waals surface area contributed by atoms with Gasteiger partial charge in [-0.15, -0.1) is 11.3 Å². The molecule has 4 rings (SSSR count). The molecule has 0 radical (unpaired) electrons. The van der Waals surface area contributed by atoms with Gasteiger partial charge in [-0.25, -0.2) is 4.98 Å². The Bertz CT molecular complexity index is 1020. The number of hydrogen-bond donors (Lipinski definition) is 1. The van der Waals surface area contributed by atoms with Crippen LogP contribution in [-0.2, 0) is 0 Å². The van der Waals surface area contributed by atoms with Gasteiger partial charge in [0.2, 0.25) is 6.79 Å². The number of thiazole rings is 1. The number of aryl methyl sites for hydroxylation is 1. The number of nitriles is 1. The van der Waals surface area contributed by atoms with E-state index in [1.807, 2.05) is 54.8 Å². The first-order valence-corrected chi connectivity index (χ1v) is 8.77. The van der Waals surface area contributed by atoms with E-state index in [2.05, 4.69) is 21.6 Å². The fourth-order valence-corrected chi connectivity index (χ4v) is 3.21. The Morgan fingerprint density at radius 3 is 2.81 bits per heavy atom. The summed E-state index contributed by atoms with van der Waals surface area (Å²) in [5.41, 5.74) is 6.78. The fourth-order valence-electron chi connectivity index (χ4n) is 2.44. The second kappa shape index (κ2) is 6.86. The fraction of sp³-hybridized carbons (Fsp3) is 0.105. The number of nitrogens with zero attached hydrogens (tertiary/aromatic N) is 3. The Kier molecular flexibility index (Phi) is 4.25. The molecule has 3 aromatic rings. The van der Waals surface area contributed by atoms with E-state index >= 15 is 0 Å². The van der Waals surface area contributed by atoms with Crippen molar-refractivity contribution in [3.05, 3.63) is 58.4 Å². The van der Waals surface area contributed by atoms with Crippen LogP contribution in [0.25, 0.3) is 11.3 Å². The molecule has 0 saturated carbocycles. The van der Waals surface area contributed by atoms with E-state index in [1.54, 1.807) is 0 Å². The summed E-state index contributed by atoms with van der Waals surface area (Å²) in [7, 11) is 0. The zero-order valence-corrected chi connectivity index (χ0v) is 14.7. The number of hydrazone groups is 1. The summed E-state index contributed by atoms with van der Waals surface area (Å²) in [5, 5.41) is 16.1. The van der Waals surface area contributed by atoms with Crippen LogP contribution in [-0.4, -0.2) is 17.5 Å². The van der Waals surface area contributed by atoms with Crippen molar-refractivity contribution in [1.82, 2.24) is 4.98 Å². The maximum Gasteiger partial charge on any atom is 0.231 e. The van der Waals surface area contributed by atoms with Crippen LogP contribution < -0.4 is 14.9 Å². The maximum atomic E-state index is 9.42. The van der Waals surface area contributed by atoms with Gasteiger partial charge < -0.3 is 9.47 Å². The van der Waals surface area contributed by atoms with Gasteiger partial charge in [-0.3, -0.25) is 5.43 Å². The van der Waals surface area contributed by atoms with Gasteiger partial charge in [-0.05, 0) is 37.3 Å². The number of benzene rings is 2. The first-order chi connectivity index (χ1) is 12.7. The molecular formula is C19H14N4O2S. The van der Waals surface area contributed by atoms with Crippen LogP contribution in [0.3, 0.4) is 0 Å². The lowest BCUT2D eigenvalue weighted by Crippen LogP contribution is -2.01. The molecule has 2 aromatic carbocycles. The van der Waals surface area contributed by atoms with Crippen molar-refractivity contribution >= 4 is 22.7 Å². The van der Waals surface area contributed by atoms with Crippen LogP contribution in [0.5, 0.6) is 11.5 Å². The molecule has 0 unspecified atom stereocenters. The molecule has 0 aliphatic carbocycles. The first kappa shape index (κ1) is 16.1. The third-order valence-corrected chi connectivity index (χ3v) is 4.68. The zero-order valence-electron chi connectivity index (χ0n) is 13.9. The van der Waals surface area contributed by atoms with Gasteiger partial charge in [0.15, 0.2) is 22.2 Å². The minimum atomic E-state index is 0.233. The van der Waals surface area contributed by atoms with Crippen molar-refractivity contribution in [2.45, 2.75) is 6.92 Å². The predicted molar refractivity (Wildman–Crippen MR) is 101 cm³/mol. The van der Waals surface area contributed by atoms with Crippen LogP contribution >= 0.6 is 11.3 Å². The highest BCUT2D eigenvalue weighted by molar-refractivity contribution is 7.12. The topological polar surface area (TPSA) is 79.5 Å². The van der Waals surface area contributed by atoms with Gasteiger partial charge in [0.25, 0.3) is 0 Å². The van der Waals surface area contributed by atoms with Crippen LogP contribution in [0.2, 0.25) is 0 Å². The molecule has 0 fully saturated rings. The van der Waals surface area contributed by atoms with Crippen LogP contribution in [0.1, 0.15) is 10.6 Å². The normalized spacial score (nSPS) is 12.7. The van der Waals surface area contributed by atoms with E-state index in [0.29, 0.717) is 10.8 Å². The molecule has 0 saturated heterocycles. The van der Waals surface area contributed by atoms with Gasteiger partial charge in [-0.1, -0.05) is 17.7 Å². The Labute approximate surface area is 154 Å². The molecule has 1 aliphatic heterocycles. The number of ether oxygens (including phenoxy) is 2. The smallest absolute Gasteiger partial charge is 0.231 e. The third-order valence-electron chi connectivity index (χ3n) is 3.83. The van der Waals surface area contributed by atoms with E-state index in [-0.39, 0.29) is 12.5 Å². The quantitative estimate of drug-likeness (QED) is 0.556. The average Bonchev–Trinajstić information content (AvgIpc) is 3.32. The minimum absolute atomic E-state index is 0.233. The van der Waals surface area contributed by atoms with Gasteiger partial charge in [-0.2, -0.15) is 10.4 Å². The molecule has 1 aliphatic rings. The van der Waals surface area contributed by atoms with Gasteiger partial charge in [0.05, 0.1) is 11.4 Å². The molecule has 6 nitrogen and oxygen atoms in total. The second-order valence-corrected chi connectivity index (χ2v) is 6.51. The highest BCUT2D eigenvalue weighted by Crippen LogP contribution is 2.36. The minimum Gasteiger partial charge on any atom is -0.454 e. The van der Waals surface area contributed by atoms with Crippen LogP contribution in [0, 0.1) is 18.3 Å². The zero-order chi connectivity index (χ0) is 17.9. The van der Waals surface area contributed by atoms with Gasteiger partial charge in [0.1, 0.15) is 6.07 Å².